The molecule has 2 bridgehead atoms. The lowest BCUT2D eigenvalue weighted by Gasteiger charge is -2.34. The summed E-state index contributed by atoms with van der Waals surface area (Å²) in [5.41, 5.74) is -0.697. The molecule has 1 saturated carbocycles. The molecular weight excluding hydrogens is 505 g/mol. The van der Waals surface area contributed by atoms with Crippen molar-refractivity contribution in [1.29, 1.82) is 0 Å². The molecule has 10 heteroatoms. The molecule has 5 rings (SSSR count). The van der Waals surface area contributed by atoms with Crippen molar-refractivity contribution in [2.75, 3.05) is 25.6 Å². The van der Waals surface area contributed by atoms with Crippen LogP contribution in [0.2, 0.25) is 10.0 Å². The monoisotopic (exact) mass is 535 g/mol. The third-order valence-electron chi connectivity index (χ3n) is 7.81. The van der Waals surface area contributed by atoms with E-state index in [0.717, 1.165) is 25.7 Å². The summed E-state index contributed by atoms with van der Waals surface area (Å²) in [5.74, 6) is -2.37. The molecule has 3 aliphatic heterocycles. The number of benzene rings is 1. The number of ether oxygens (including phenoxy) is 2. The molecule has 194 valence electrons. The van der Waals surface area contributed by atoms with Gasteiger partial charge in [0.05, 0.1) is 28.0 Å². The van der Waals surface area contributed by atoms with Crippen molar-refractivity contribution < 1.29 is 23.9 Å². The lowest BCUT2D eigenvalue weighted by atomic mass is 9.74. The Balaban J connectivity index is 1.41. The van der Waals surface area contributed by atoms with Crippen LogP contribution >= 0.6 is 23.2 Å². The van der Waals surface area contributed by atoms with Crippen molar-refractivity contribution in [2.45, 2.75) is 62.3 Å². The number of anilines is 1. The minimum Gasteiger partial charge on any atom is -0.385 e. The molecular formula is C26H31Cl2N3O5. The van der Waals surface area contributed by atoms with Gasteiger partial charge in [-0.15, -0.1) is 0 Å². The number of nitrogens with zero attached hydrogens (tertiary/aromatic N) is 1. The fourth-order valence-corrected chi connectivity index (χ4v) is 6.51. The summed E-state index contributed by atoms with van der Waals surface area (Å²) in [6.45, 7) is 0.801. The summed E-state index contributed by atoms with van der Waals surface area (Å²) in [5, 5.41) is 6.73. The molecule has 1 aromatic carbocycles. The number of carbonyl (C=O) groups excluding carboxylic acids is 3. The zero-order valence-corrected chi connectivity index (χ0v) is 21.7. The second kappa shape index (κ2) is 10.3. The van der Waals surface area contributed by atoms with Gasteiger partial charge in [0.25, 0.3) is 0 Å². The summed E-state index contributed by atoms with van der Waals surface area (Å²) < 4.78 is 11.5. The van der Waals surface area contributed by atoms with Gasteiger partial charge in [-0.3, -0.25) is 14.4 Å². The predicted octanol–water partition coefficient (Wildman–Crippen LogP) is 3.57. The third-order valence-corrected chi connectivity index (χ3v) is 8.55. The lowest BCUT2D eigenvalue weighted by molar-refractivity contribution is -0.141. The molecule has 36 heavy (non-hydrogen) atoms. The largest absolute Gasteiger partial charge is 0.385 e. The Kier molecular flexibility index (Phi) is 7.32. The minimum atomic E-state index is -1.17. The van der Waals surface area contributed by atoms with Gasteiger partial charge >= 0.3 is 0 Å². The Morgan fingerprint density at radius 1 is 1.17 bits per heavy atom. The number of hydrogen-bond donors (Lipinski definition) is 2. The second-order valence-electron chi connectivity index (χ2n) is 10.0. The molecule has 1 spiro atoms. The summed E-state index contributed by atoms with van der Waals surface area (Å²) in [7, 11) is 1.60. The summed E-state index contributed by atoms with van der Waals surface area (Å²) in [6.07, 6.45) is 8.81. The Morgan fingerprint density at radius 2 is 1.94 bits per heavy atom. The molecule has 5 atom stereocenters. The number of likely N-dealkylation sites (tertiary alicyclic amines) is 1. The fourth-order valence-electron chi connectivity index (χ4n) is 6.21. The first-order valence-electron chi connectivity index (χ1n) is 12.6. The Labute approximate surface area is 220 Å². The quantitative estimate of drug-likeness (QED) is 0.391. The molecule has 5 unspecified atom stereocenters. The van der Waals surface area contributed by atoms with Gasteiger partial charge in [0.1, 0.15) is 11.6 Å². The average molecular weight is 536 g/mol. The molecule has 2 saturated heterocycles. The maximum absolute atomic E-state index is 13.8. The van der Waals surface area contributed by atoms with Crippen molar-refractivity contribution in [3.05, 3.63) is 40.4 Å². The van der Waals surface area contributed by atoms with Crippen LogP contribution in [0.5, 0.6) is 0 Å². The van der Waals surface area contributed by atoms with E-state index < -0.39 is 29.6 Å². The standard InChI is InChI=1S/C26H31Cl2N3O5/c1-35-13-5-12-31-22(24(33)29-15-6-3-2-4-7-15)26-11-10-19(36-26)20(21(26)25(31)34)23(32)30-16-8-9-17(27)18(28)14-16/h8-11,14-15,19-22H,2-7,12-13H2,1H3,(H,29,33)(H,30,32). The van der Waals surface area contributed by atoms with E-state index in [1.807, 2.05) is 12.2 Å². The smallest absolute Gasteiger partial charge is 0.246 e. The van der Waals surface area contributed by atoms with Gasteiger partial charge in [-0.2, -0.15) is 0 Å². The Bertz CT molecular complexity index is 1080. The van der Waals surface area contributed by atoms with E-state index in [9.17, 15) is 14.4 Å². The van der Waals surface area contributed by atoms with Gasteiger partial charge in [0, 0.05) is 32.0 Å². The van der Waals surface area contributed by atoms with Crippen LogP contribution in [0, 0.1) is 11.8 Å². The first-order chi connectivity index (χ1) is 17.4. The highest BCUT2D eigenvalue weighted by molar-refractivity contribution is 6.42. The number of amides is 3. The molecule has 0 aromatic heterocycles. The van der Waals surface area contributed by atoms with Crippen LogP contribution in [-0.2, 0) is 23.9 Å². The first-order valence-corrected chi connectivity index (χ1v) is 13.3. The van der Waals surface area contributed by atoms with Gasteiger partial charge in [0.2, 0.25) is 17.7 Å². The maximum atomic E-state index is 13.8. The molecule has 0 radical (unpaired) electrons. The topological polar surface area (TPSA) is 97.0 Å². The number of rotatable bonds is 8. The van der Waals surface area contributed by atoms with Gasteiger partial charge < -0.3 is 25.0 Å². The highest BCUT2D eigenvalue weighted by Crippen LogP contribution is 2.55. The molecule has 8 nitrogen and oxygen atoms in total. The van der Waals surface area contributed by atoms with Crippen molar-refractivity contribution in [2.24, 2.45) is 11.8 Å². The van der Waals surface area contributed by atoms with E-state index in [1.54, 1.807) is 30.2 Å². The fraction of sp³-hybridized carbons (Fsp3) is 0.577. The lowest BCUT2D eigenvalue weighted by Crippen LogP contribution is -2.56. The van der Waals surface area contributed by atoms with Crippen LogP contribution in [-0.4, -0.2) is 66.7 Å². The van der Waals surface area contributed by atoms with E-state index in [0.29, 0.717) is 35.3 Å². The summed E-state index contributed by atoms with van der Waals surface area (Å²) in [6, 6.07) is 4.07. The SMILES string of the molecule is COCCCN1C(=O)C2C(C(=O)Nc3ccc(Cl)c(Cl)c3)C3C=CC2(O3)C1C(=O)NC1CCCCC1. The minimum absolute atomic E-state index is 0.0916. The van der Waals surface area contributed by atoms with Crippen LogP contribution in [0.4, 0.5) is 5.69 Å². The number of halogens is 2. The zero-order valence-electron chi connectivity index (χ0n) is 20.2. The highest BCUT2D eigenvalue weighted by atomic mass is 35.5. The van der Waals surface area contributed by atoms with Crippen LogP contribution in [0.25, 0.3) is 0 Å². The van der Waals surface area contributed by atoms with Crippen molar-refractivity contribution in [3.8, 4) is 0 Å². The number of carbonyl (C=O) groups is 3. The normalized spacial score (nSPS) is 31.1. The summed E-state index contributed by atoms with van der Waals surface area (Å²) >= 11 is 12.1. The van der Waals surface area contributed by atoms with Crippen molar-refractivity contribution in [1.82, 2.24) is 10.2 Å². The van der Waals surface area contributed by atoms with Gasteiger partial charge in [-0.25, -0.2) is 0 Å². The van der Waals surface area contributed by atoms with Gasteiger partial charge in [-0.05, 0) is 37.5 Å². The summed E-state index contributed by atoms with van der Waals surface area (Å²) in [4.78, 5) is 42.5. The average Bonchev–Trinajstić information content (AvgIpc) is 3.50. The first kappa shape index (κ1) is 25.5. The molecule has 1 aromatic rings. The molecule has 3 fully saturated rings. The molecule has 3 amide bonds. The van der Waals surface area contributed by atoms with E-state index >= 15 is 0 Å². The Morgan fingerprint density at radius 3 is 2.67 bits per heavy atom. The molecule has 1 aliphatic carbocycles. The predicted molar refractivity (Wildman–Crippen MR) is 136 cm³/mol. The van der Waals surface area contributed by atoms with Crippen LogP contribution < -0.4 is 10.6 Å². The van der Waals surface area contributed by atoms with E-state index in [1.165, 1.54) is 6.42 Å². The van der Waals surface area contributed by atoms with Crippen LogP contribution in [0.3, 0.4) is 0 Å². The number of fused-ring (bicyclic) bond motifs is 1. The zero-order chi connectivity index (χ0) is 25.4. The van der Waals surface area contributed by atoms with E-state index in [-0.39, 0.29) is 23.8 Å². The Hall–Kier alpha value is -2.13. The second-order valence-corrected chi connectivity index (χ2v) is 10.9. The van der Waals surface area contributed by atoms with Crippen LogP contribution in [0.15, 0.2) is 30.4 Å². The third kappa shape index (κ3) is 4.42. The highest BCUT2D eigenvalue weighted by Gasteiger charge is 2.72. The van der Waals surface area contributed by atoms with Gasteiger partial charge in [-0.1, -0.05) is 54.6 Å². The molecule has 4 aliphatic rings. The molecule has 2 N–H and O–H groups in total. The number of nitrogens with one attached hydrogen (secondary N) is 2. The van der Waals surface area contributed by atoms with Crippen molar-refractivity contribution >= 4 is 46.6 Å². The van der Waals surface area contributed by atoms with Crippen molar-refractivity contribution in [3.63, 3.8) is 0 Å². The number of methoxy groups -OCH3 is 1. The van der Waals surface area contributed by atoms with E-state index in [2.05, 4.69) is 10.6 Å². The number of hydrogen-bond acceptors (Lipinski definition) is 5. The van der Waals surface area contributed by atoms with E-state index in [4.69, 9.17) is 32.7 Å². The van der Waals surface area contributed by atoms with Crippen LogP contribution in [0.1, 0.15) is 38.5 Å². The molecule has 3 heterocycles. The maximum Gasteiger partial charge on any atom is 0.246 e. The van der Waals surface area contributed by atoms with Gasteiger partial charge in [0.15, 0.2) is 0 Å².